The van der Waals surface area contributed by atoms with Gasteiger partial charge in [0.15, 0.2) is 0 Å². The van der Waals surface area contributed by atoms with Gasteiger partial charge >= 0.3 is 5.69 Å². The lowest BCUT2D eigenvalue weighted by Gasteiger charge is -2.15. The maximum atomic E-state index is 14.3. The first kappa shape index (κ1) is 20.7. The highest BCUT2D eigenvalue weighted by Crippen LogP contribution is 2.34. The van der Waals surface area contributed by atoms with Gasteiger partial charge in [0.05, 0.1) is 0 Å². The van der Waals surface area contributed by atoms with E-state index in [4.69, 9.17) is 0 Å². The number of halogens is 2. The molecular weight excluding hydrogens is 443 g/mol. The SMILES string of the molecule is Cc1c(Br)cccc1-c1cc(F)cc(NC(=O)c2nn(C)c(=O)n(C)c2=O)c1C. The van der Waals surface area contributed by atoms with Gasteiger partial charge in [-0.2, -0.15) is 5.10 Å². The van der Waals surface area contributed by atoms with Crippen molar-refractivity contribution in [2.24, 2.45) is 14.1 Å². The number of carbonyl (C=O) groups excluding carboxylic acids is 1. The Morgan fingerprint density at radius 3 is 2.48 bits per heavy atom. The summed E-state index contributed by atoms with van der Waals surface area (Å²) in [5.41, 5.74) is 1.24. The van der Waals surface area contributed by atoms with Crippen LogP contribution < -0.4 is 16.6 Å². The number of hydrogen-bond donors (Lipinski definition) is 1. The van der Waals surface area contributed by atoms with Gasteiger partial charge in [0.2, 0.25) is 5.69 Å². The van der Waals surface area contributed by atoms with Crippen LogP contribution in [-0.4, -0.2) is 20.3 Å². The molecule has 1 heterocycles. The fourth-order valence-corrected chi connectivity index (χ4v) is 3.38. The van der Waals surface area contributed by atoms with E-state index in [2.05, 4.69) is 26.3 Å². The molecule has 1 amide bonds. The molecule has 9 heteroatoms. The van der Waals surface area contributed by atoms with Gasteiger partial charge in [0.25, 0.3) is 11.5 Å². The smallest absolute Gasteiger partial charge is 0.320 e. The molecule has 0 atom stereocenters. The van der Waals surface area contributed by atoms with Crippen molar-refractivity contribution in [2.75, 3.05) is 5.32 Å². The van der Waals surface area contributed by atoms with Gasteiger partial charge in [-0.3, -0.25) is 14.2 Å². The Morgan fingerprint density at radius 2 is 1.79 bits per heavy atom. The normalized spacial score (nSPS) is 10.8. The molecule has 3 aromatic rings. The third-order valence-electron chi connectivity index (χ3n) is 4.71. The van der Waals surface area contributed by atoms with E-state index in [-0.39, 0.29) is 5.69 Å². The summed E-state index contributed by atoms with van der Waals surface area (Å²) < 4.78 is 16.9. The highest BCUT2D eigenvalue weighted by Gasteiger charge is 2.19. The standard InChI is InChI=1S/C20H18BrFN4O3/c1-10-13(6-5-7-15(10)21)14-8-12(22)9-16(11(14)2)23-18(27)17-19(28)25(3)20(29)26(4)24-17/h5-9H,1-4H3,(H,23,27). The zero-order chi connectivity index (χ0) is 21.5. The van der Waals surface area contributed by atoms with Gasteiger partial charge in [-0.15, -0.1) is 0 Å². The van der Waals surface area contributed by atoms with Crippen molar-refractivity contribution >= 4 is 27.5 Å². The largest absolute Gasteiger partial charge is 0.346 e. The Kier molecular flexibility index (Phi) is 5.52. The molecule has 3 rings (SSSR count). The second-order valence-corrected chi connectivity index (χ2v) is 7.47. The predicted molar refractivity (Wildman–Crippen MR) is 112 cm³/mol. The first-order chi connectivity index (χ1) is 13.6. The number of hydrogen-bond acceptors (Lipinski definition) is 4. The van der Waals surface area contributed by atoms with Crippen molar-refractivity contribution in [3.63, 3.8) is 0 Å². The zero-order valence-corrected chi connectivity index (χ0v) is 17.8. The zero-order valence-electron chi connectivity index (χ0n) is 16.2. The summed E-state index contributed by atoms with van der Waals surface area (Å²) in [4.78, 5) is 36.7. The lowest BCUT2D eigenvalue weighted by Crippen LogP contribution is -2.43. The van der Waals surface area contributed by atoms with Crippen LogP contribution in [0.2, 0.25) is 0 Å². The number of nitrogens with zero attached hydrogens (tertiary/aromatic N) is 3. The first-order valence-electron chi connectivity index (χ1n) is 8.63. The monoisotopic (exact) mass is 460 g/mol. The highest BCUT2D eigenvalue weighted by molar-refractivity contribution is 9.10. The third-order valence-corrected chi connectivity index (χ3v) is 5.57. The number of aromatic nitrogens is 3. The van der Waals surface area contributed by atoms with Gasteiger partial charge in [-0.05, 0) is 54.3 Å². The molecule has 0 radical (unpaired) electrons. The second-order valence-electron chi connectivity index (χ2n) is 6.61. The van der Waals surface area contributed by atoms with Gasteiger partial charge in [0, 0.05) is 24.3 Å². The fraction of sp³-hybridized carbons (Fsp3) is 0.200. The Labute approximate surface area is 173 Å². The molecule has 7 nitrogen and oxygen atoms in total. The molecule has 0 spiro atoms. The minimum Gasteiger partial charge on any atom is -0.320 e. The van der Waals surface area contributed by atoms with Crippen LogP contribution in [0.1, 0.15) is 21.6 Å². The Bertz CT molecular complexity index is 1260. The summed E-state index contributed by atoms with van der Waals surface area (Å²) in [7, 11) is 2.59. The summed E-state index contributed by atoms with van der Waals surface area (Å²) in [6.45, 7) is 3.65. The fourth-order valence-electron chi connectivity index (χ4n) is 3.01. The van der Waals surface area contributed by atoms with Crippen molar-refractivity contribution in [3.05, 3.63) is 78.3 Å². The summed E-state index contributed by atoms with van der Waals surface area (Å²) >= 11 is 3.47. The second kappa shape index (κ2) is 7.75. The van der Waals surface area contributed by atoms with Crippen LogP contribution in [0.4, 0.5) is 10.1 Å². The van der Waals surface area contributed by atoms with Crippen molar-refractivity contribution < 1.29 is 9.18 Å². The van der Waals surface area contributed by atoms with E-state index in [9.17, 15) is 18.8 Å². The molecule has 2 aromatic carbocycles. The van der Waals surface area contributed by atoms with Crippen LogP contribution >= 0.6 is 15.9 Å². The van der Waals surface area contributed by atoms with Gasteiger partial charge in [-0.25, -0.2) is 13.9 Å². The topological polar surface area (TPSA) is 86.0 Å². The molecule has 150 valence electrons. The molecule has 0 saturated carbocycles. The van der Waals surface area contributed by atoms with E-state index in [1.165, 1.54) is 26.2 Å². The van der Waals surface area contributed by atoms with Crippen LogP contribution in [0.3, 0.4) is 0 Å². The van der Waals surface area contributed by atoms with Gasteiger partial charge in [-0.1, -0.05) is 28.1 Å². The van der Waals surface area contributed by atoms with Crippen LogP contribution in [0.25, 0.3) is 11.1 Å². The van der Waals surface area contributed by atoms with Crippen LogP contribution in [0, 0.1) is 19.7 Å². The Hall–Kier alpha value is -3.07. The molecular formula is C20H18BrFN4O3. The number of nitrogens with one attached hydrogen (secondary N) is 1. The molecule has 0 aliphatic rings. The van der Waals surface area contributed by atoms with Crippen molar-refractivity contribution in [1.82, 2.24) is 14.3 Å². The first-order valence-corrected chi connectivity index (χ1v) is 9.42. The van der Waals surface area contributed by atoms with E-state index in [1.807, 2.05) is 25.1 Å². The lowest BCUT2D eigenvalue weighted by molar-refractivity contribution is 0.101. The number of amides is 1. The minimum absolute atomic E-state index is 0.210. The summed E-state index contributed by atoms with van der Waals surface area (Å²) in [6, 6.07) is 8.15. The van der Waals surface area contributed by atoms with Crippen molar-refractivity contribution in [3.8, 4) is 11.1 Å². The van der Waals surface area contributed by atoms with E-state index in [0.29, 0.717) is 11.1 Å². The van der Waals surface area contributed by atoms with Gasteiger partial charge in [0.1, 0.15) is 5.82 Å². The number of benzene rings is 2. The summed E-state index contributed by atoms with van der Waals surface area (Å²) in [5, 5.41) is 6.29. The summed E-state index contributed by atoms with van der Waals surface area (Å²) in [5.74, 6) is -1.37. The molecule has 0 unspecified atom stereocenters. The molecule has 0 aliphatic carbocycles. The third kappa shape index (κ3) is 3.77. The highest BCUT2D eigenvalue weighted by atomic mass is 79.9. The molecule has 0 aliphatic heterocycles. The van der Waals surface area contributed by atoms with Crippen molar-refractivity contribution in [2.45, 2.75) is 13.8 Å². The van der Waals surface area contributed by atoms with E-state index >= 15 is 0 Å². The molecule has 0 saturated heterocycles. The molecule has 0 fully saturated rings. The van der Waals surface area contributed by atoms with E-state index in [0.717, 1.165) is 24.8 Å². The quantitative estimate of drug-likeness (QED) is 0.650. The van der Waals surface area contributed by atoms with E-state index in [1.54, 1.807) is 6.92 Å². The molecule has 1 N–H and O–H groups in total. The Balaban J connectivity index is 2.09. The summed E-state index contributed by atoms with van der Waals surface area (Å²) in [6.07, 6.45) is 0. The maximum absolute atomic E-state index is 14.3. The molecule has 0 bridgehead atoms. The average molecular weight is 461 g/mol. The van der Waals surface area contributed by atoms with Crippen molar-refractivity contribution in [1.29, 1.82) is 0 Å². The number of anilines is 1. The van der Waals surface area contributed by atoms with Crippen LogP contribution in [-0.2, 0) is 14.1 Å². The van der Waals surface area contributed by atoms with E-state index < -0.39 is 28.7 Å². The number of rotatable bonds is 3. The van der Waals surface area contributed by atoms with Crippen LogP contribution in [0.5, 0.6) is 0 Å². The lowest BCUT2D eigenvalue weighted by atomic mass is 9.95. The average Bonchev–Trinajstić information content (AvgIpc) is 2.67. The van der Waals surface area contributed by atoms with Crippen LogP contribution in [0.15, 0.2) is 44.4 Å². The maximum Gasteiger partial charge on any atom is 0.346 e. The minimum atomic E-state index is -0.831. The molecule has 1 aromatic heterocycles. The number of carbonyl (C=O) groups is 1. The van der Waals surface area contributed by atoms with Gasteiger partial charge < -0.3 is 5.32 Å². The predicted octanol–water partition coefficient (Wildman–Crippen LogP) is 2.92. The number of aryl methyl sites for hydroxylation is 1. The Morgan fingerprint density at radius 1 is 1.10 bits per heavy atom. The molecule has 29 heavy (non-hydrogen) atoms.